The zero-order chi connectivity index (χ0) is 29.2. The first-order valence-corrected chi connectivity index (χ1v) is 13.0. The Bertz CT molecular complexity index is 1380. The van der Waals surface area contributed by atoms with Crippen molar-refractivity contribution in [3.05, 3.63) is 65.5 Å². The number of para-hydroxylation sites is 1. The molecule has 0 fully saturated rings. The lowest BCUT2D eigenvalue weighted by atomic mass is 10.1. The smallest absolute Gasteiger partial charge is 0.323 e. The summed E-state index contributed by atoms with van der Waals surface area (Å²) < 4.78 is 17.2. The van der Waals surface area contributed by atoms with E-state index in [9.17, 15) is 19.5 Å². The summed E-state index contributed by atoms with van der Waals surface area (Å²) in [6.07, 6.45) is 1.43. The number of rotatable bonds is 4. The lowest BCUT2D eigenvalue weighted by Gasteiger charge is -2.21. The summed E-state index contributed by atoms with van der Waals surface area (Å²) in [5.41, 5.74) is 8.44. The number of hydrogen-bond acceptors (Lipinski definition) is 10. The Morgan fingerprint density at radius 2 is 1.76 bits per heavy atom. The number of nitrogen functional groups attached to an aromatic ring is 1. The molecule has 13 nitrogen and oxygen atoms in total. The second-order valence-corrected chi connectivity index (χ2v) is 9.04. The van der Waals surface area contributed by atoms with Crippen LogP contribution in [-0.2, 0) is 20.8 Å². The van der Waals surface area contributed by atoms with Gasteiger partial charge in [-0.3, -0.25) is 14.4 Å². The zero-order valence-electron chi connectivity index (χ0n) is 22.6. The molecule has 2 aliphatic heterocycles. The van der Waals surface area contributed by atoms with Crippen LogP contribution in [0.4, 0.5) is 11.5 Å². The summed E-state index contributed by atoms with van der Waals surface area (Å²) in [5, 5.41) is 15.2. The maximum Gasteiger partial charge on any atom is 0.323 e. The molecule has 41 heavy (non-hydrogen) atoms. The van der Waals surface area contributed by atoms with Gasteiger partial charge >= 0.3 is 5.97 Å². The topological polar surface area (TPSA) is 178 Å². The molecule has 0 saturated heterocycles. The van der Waals surface area contributed by atoms with Gasteiger partial charge in [0.1, 0.15) is 18.9 Å². The van der Waals surface area contributed by atoms with Crippen LogP contribution in [0.5, 0.6) is 5.75 Å². The molecule has 0 atom stereocenters. The van der Waals surface area contributed by atoms with Crippen molar-refractivity contribution in [3.8, 4) is 17.0 Å². The molecule has 0 unspecified atom stereocenters. The van der Waals surface area contributed by atoms with Crippen LogP contribution in [0.3, 0.4) is 0 Å². The van der Waals surface area contributed by atoms with Gasteiger partial charge in [-0.15, -0.1) is 0 Å². The van der Waals surface area contributed by atoms with E-state index >= 15 is 0 Å². The third-order valence-electron chi connectivity index (χ3n) is 6.12. The standard InChI is InChI=1S/C28H32N6O7/c1-30-15-20-3-2-4-21-25(20)41-14-13-40-12-11-39-10-9-34(17-23(35)36)28(38)19-7-5-18(6-8-19)22-16-31-26(29)24(32-22)27(37)33-21/h2-8,16,30H,9-15,17H2,1H3,(H2,29,31)(H,33,37)(H,35,36). The Hall–Kier alpha value is -4.59. The fraction of sp³-hybridized carbons (Fsp3) is 0.321. The number of nitrogens with one attached hydrogen (secondary N) is 2. The molecule has 2 aromatic carbocycles. The van der Waals surface area contributed by atoms with E-state index in [1.165, 1.54) is 11.1 Å². The fourth-order valence-corrected chi connectivity index (χ4v) is 4.15. The Labute approximate surface area is 236 Å². The third kappa shape index (κ3) is 7.75. The van der Waals surface area contributed by atoms with Gasteiger partial charge < -0.3 is 40.6 Å². The summed E-state index contributed by atoms with van der Waals surface area (Å²) in [6.45, 7) is 1.24. The Balaban J connectivity index is 1.66. The summed E-state index contributed by atoms with van der Waals surface area (Å²) in [4.78, 5) is 47.5. The molecule has 0 saturated carbocycles. The van der Waals surface area contributed by atoms with E-state index in [1.54, 1.807) is 36.4 Å². The molecule has 0 aliphatic carbocycles. The van der Waals surface area contributed by atoms with E-state index in [0.717, 1.165) is 5.56 Å². The lowest BCUT2D eigenvalue weighted by Crippen LogP contribution is -2.38. The number of carbonyl (C=O) groups is 3. The van der Waals surface area contributed by atoms with Crippen molar-refractivity contribution in [2.75, 3.05) is 64.2 Å². The van der Waals surface area contributed by atoms with E-state index in [1.807, 2.05) is 13.1 Å². The molecule has 5 rings (SSSR count). The number of ether oxygens (including phenoxy) is 3. The fourth-order valence-electron chi connectivity index (χ4n) is 4.15. The van der Waals surface area contributed by atoms with Gasteiger partial charge in [-0.1, -0.05) is 24.3 Å². The first-order chi connectivity index (χ1) is 19.9. The Morgan fingerprint density at radius 3 is 2.49 bits per heavy atom. The van der Waals surface area contributed by atoms with Crippen LogP contribution < -0.4 is 21.1 Å². The minimum Gasteiger partial charge on any atom is -0.489 e. The van der Waals surface area contributed by atoms with E-state index in [4.69, 9.17) is 19.9 Å². The van der Waals surface area contributed by atoms with Crippen molar-refractivity contribution in [1.82, 2.24) is 20.2 Å². The number of aromatic nitrogens is 2. The molecule has 0 spiro atoms. The number of amides is 2. The van der Waals surface area contributed by atoms with Crippen LogP contribution in [0.25, 0.3) is 11.3 Å². The van der Waals surface area contributed by atoms with E-state index in [0.29, 0.717) is 29.2 Å². The number of anilines is 2. The maximum absolute atomic E-state index is 13.3. The number of fused-ring (bicyclic) bond motifs is 13. The molecule has 216 valence electrons. The highest BCUT2D eigenvalue weighted by Gasteiger charge is 2.21. The van der Waals surface area contributed by atoms with Gasteiger partial charge in [-0.25, -0.2) is 9.97 Å². The van der Waals surface area contributed by atoms with Crippen LogP contribution in [0.2, 0.25) is 0 Å². The van der Waals surface area contributed by atoms with E-state index in [2.05, 4.69) is 20.6 Å². The number of nitrogens with two attached hydrogens (primary N) is 1. The zero-order valence-corrected chi connectivity index (χ0v) is 22.6. The van der Waals surface area contributed by atoms with Crippen molar-refractivity contribution >= 4 is 29.3 Å². The lowest BCUT2D eigenvalue weighted by molar-refractivity contribution is -0.137. The molecule has 2 amide bonds. The van der Waals surface area contributed by atoms with Gasteiger partial charge in [0.2, 0.25) is 0 Å². The normalized spacial score (nSPS) is 15.2. The van der Waals surface area contributed by atoms with Crippen molar-refractivity contribution in [2.24, 2.45) is 0 Å². The molecule has 2 aliphatic rings. The van der Waals surface area contributed by atoms with Gasteiger partial charge in [0.25, 0.3) is 11.8 Å². The molecule has 13 heteroatoms. The molecule has 3 aromatic rings. The summed E-state index contributed by atoms with van der Waals surface area (Å²) in [6, 6.07) is 11.8. The average molecular weight is 565 g/mol. The van der Waals surface area contributed by atoms with Gasteiger partial charge in [0.15, 0.2) is 11.5 Å². The predicted octanol–water partition coefficient (Wildman–Crippen LogP) is 1.65. The average Bonchev–Trinajstić information content (AvgIpc) is 2.96. The number of carboxylic acid groups (broad SMARTS) is 1. The highest BCUT2D eigenvalue weighted by molar-refractivity contribution is 6.06. The summed E-state index contributed by atoms with van der Waals surface area (Å²) in [7, 11) is 1.81. The Morgan fingerprint density at radius 1 is 1.05 bits per heavy atom. The van der Waals surface area contributed by atoms with Crippen LogP contribution in [-0.4, -0.2) is 90.9 Å². The van der Waals surface area contributed by atoms with E-state index in [-0.39, 0.29) is 56.7 Å². The highest BCUT2D eigenvalue weighted by Crippen LogP contribution is 2.30. The number of aliphatic carboxylic acids is 1. The molecule has 4 bridgehead atoms. The van der Waals surface area contributed by atoms with Gasteiger partial charge in [0, 0.05) is 29.8 Å². The minimum absolute atomic E-state index is 0.0544. The van der Waals surface area contributed by atoms with E-state index < -0.39 is 24.3 Å². The number of benzene rings is 2. The number of hydrogen-bond donors (Lipinski definition) is 4. The van der Waals surface area contributed by atoms with Crippen LogP contribution in [0.15, 0.2) is 48.7 Å². The Kier molecular flexibility index (Phi) is 10.2. The van der Waals surface area contributed by atoms with Crippen LogP contribution in [0, 0.1) is 0 Å². The minimum atomic E-state index is -1.14. The predicted molar refractivity (Wildman–Crippen MR) is 150 cm³/mol. The highest BCUT2D eigenvalue weighted by atomic mass is 16.5. The van der Waals surface area contributed by atoms with Crippen molar-refractivity contribution in [2.45, 2.75) is 6.54 Å². The first kappa shape index (κ1) is 29.4. The molecule has 1 aromatic heterocycles. The number of carboxylic acids is 1. The largest absolute Gasteiger partial charge is 0.489 e. The molecule has 3 heterocycles. The SMILES string of the molecule is CNCc1cccc2c1OCCOCCOCCN(CC(=O)O)C(=O)c1ccc(cc1)-c1cnc(N)c(n1)C(=O)N2. The second kappa shape index (κ2) is 14.2. The summed E-state index contributed by atoms with van der Waals surface area (Å²) in [5.74, 6) is -1.74. The third-order valence-corrected chi connectivity index (χ3v) is 6.12. The molecule has 5 N–H and O–H groups in total. The van der Waals surface area contributed by atoms with Crippen molar-refractivity contribution in [1.29, 1.82) is 0 Å². The van der Waals surface area contributed by atoms with Gasteiger partial charge in [0.05, 0.1) is 44.0 Å². The number of nitrogens with zero attached hydrogens (tertiary/aromatic N) is 3. The first-order valence-electron chi connectivity index (χ1n) is 13.0. The molecular formula is C28H32N6O7. The second-order valence-electron chi connectivity index (χ2n) is 9.04. The quantitative estimate of drug-likeness (QED) is 0.339. The molecule has 0 radical (unpaired) electrons. The van der Waals surface area contributed by atoms with Crippen LogP contribution in [0.1, 0.15) is 26.4 Å². The van der Waals surface area contributed by atoms with Crippen LogP contribution >= 0.6 is 0 Å². The van der Waals surface area contributed by atoms with Gasteiger partial charge in [-0.05, 0) is 25.2 Å². The number of carbonyl (C=O) groups excluding carboxylic acids is 2. The monoisotopic (exact) mass is 564 g/mol. The van der Waals surface area contributed by atoms with Crippen molar-refractivity contribution < 1.29 is 33.7 Å². The van der Waals surface area contributed by atoms with Crippen molar-refractivity contribution in [3.63, 3.8) is 0 Å². The van der Waals surface area contributed by atoms with Gasteiger partial charge in [-0.2, -0.15) is 0 Å². The molecular weight excluding hydrogens is 532 g/mol. The maximum atomic E-state index is 13.3. The summed E-state index contributed by atoms with van der Waals surface area (Å²) >= 11 is 0.